The molecule has 0 aliphatic heterocycles. The SMILES string of the molecule is CCCC(C)(C)C(=O)C=C(P(=O)(O)O)P(=O)(O)O. The summed E-state index contributed by atoms with van der Waals surface area (Å²) in [5.74, 6) is -0.717. The van der Waals surface area contributed by atoms with Gasteiger partial charge < -0.3 is 19.6 Å². The number of hydrogen-bond donors (Lipinski definition) is 4. The van der Waals surface area contributed by atoms with Crippen LogP contribution in [0.25, 0.3) is 0 Å². The second-order valence-corrected chi connectivity index (χ2v) is 8.08. The highest BCUT2D eigenvalue weighted by atomic mass is 31.2. The lowest BCUT2D eigenvalue weighted by atomic mass is 9.83. The highest BCUT2D eigenvalue weighted by Crippen LogP contribution is 2.64. The summed E-state index contributed by atoms with van der Waals surface area (Å²) in [6.07, 6.45) is 1.49. The Balaban J connectivity index is 5.56. The zero-order chi connectivity index (χ0) is 14.8. The van der Waals surface area contributed by atoms with Crippen molar-refractivity contribution in [2.45, 2.75) is 33.6 Å². The molecule has 0 aliphatic rings. The quantitative estimate of drug-likeness (QED) is 0.432. The third kappa shape index (κ3) is 5.14. The van der Waals surface area contributed by atoms with E-state index in [1.807, 2.05) is 6.92 Å². The van der Waals surface area contributed by atoms with Gasteiger partial charge in [-0.15, -0.1) is 0 Å². The van der Waals surface area contributed by atoms with Gasteiger partial charge in [-0.05, 0) is 6.42 Å². The van der Waals surface area contributed by atoms with Crippen molar-refractivity contribution in [3.05, 3.63) is 11.1 Å². The number of hydrogen-bond acceptors (Lipinski definition) is 3. The smallest absolute Gasteiger partial charge is 0.321 e. The minimum Gasteiger partial charge on any atom is -0.321 e. The first-order valence-corrected chi connectivity index (χ1v) is 8.43. The molecular weight excluding hydrogens is 282 g/mol. The molecule has 0 atom stereocenters. The van der Waals surface area contributed by atoms with Gasteiger partial charge in [-0.1, -0.05) is 27.2 Å². The van der Waals surface area contributed by atoms with Gasteiger partial charge in [-0.2, -0.15) is 0 Å². The lowest BCUT2D eigenvalue weighted by molar-refractivity contribution is -0.122. The van der Waals surface area contributed by atoms with E-state index in [9.17, 15) is 13.9 Å². The maximum Gasteiger partial charge on any atom is 0.364 e. The molecule has 0 rings (SSSR count). The van der Waals surface area contributed by atoms with Crippen LogP contribution in [0.4, 0.5) is 0 Å². The molecule has 7 nitrogen and oxygen atoms in total. The van der Waals surface area contributed by atoms with Crippen LogP contribution in [-0.2, 0) is 13.9 Å². The zero-order valence-electron chi connectivity index (χ0n) is 10.4. The molecule has 0 spiro atoms. The predicted molar refractivity (Wildman–Crippen MR) is 65.9 cm³/mol. The fourth-order valence-electron chi connectivity index (χ4n) is 1.40. The second-order valence-electron chi connectivity index (χ2n) is 4.59. The fraction of sp³-hybridized carbons (Fsp3) is 0.667. The average Bonchev–Trinajstić information content (AvgIpc) is 2.09. The first kappa shape index (κ1) is 17.7. The number of carbonyl (C=O) groups excluding carboxylic acids is 1. The van der Waals surface area contributed by atoms with E-state index in [0.717, 1.165) is 0 Å². The van der Waals surface area contributed by atoms with E-state index in [4.69, 9.17) is 19.6 Å². The summed E-state index contributed by atoms with van der Waals surface area (Å²) in [7, 11) is -10.3. The molecule has 0 aromatic heterocycles. The Kier molecular flexibility index (Phi) is 5.69. The normalized spacial score (nSPS) is 13.3. The van der Waals surface area contributed by atoms with Gasteiger partial charge in [-0.3, -0.25) is 13.9 Å². The molecule has 0 radical (unpaired) electrons. The molecule has 18 heavy (non-hydrogen) atoms. The van der Waals surface area contributed by atoms with Gasteiger partial charge in [0.25, 0.3) is 0 Å². The van der Waals surface area contributed by atoms with E-state index in [2.05, 4.69) is 0 Å². The first-order chi connectivity index (χ1) is 7.82. The van der Waals surface area contributed by atoms with Gasteiger partial charge in [0.2, 0.25) is 0 Å². The molecule has 0 aromatic rings. The summed E-state index contributed by atoms with van der Waals surface area (Å²) in [4.78, 5) is 47.2. The molecule has 0 aliphatic carbocycles. The van der Waals surface area contributed by atoms with E-state index in [1.165, 1.54) is 0 Å². The minimum absolute atomic E-state index is 0.386. The molecule has 0 saturated heterocycles. The van der Waals surface area contributed by atoms with Crippen molar-refractivity contribution in [3.8, 4) is 0 Å². The Bertz CT molecular complexity index is 416. The number of allylic oxidation sites excluding steroid dienone is 1. The fourth-order valence-corrected chi connectivity index (χ4v) is 3.33. The van der Waals surface area contributed by atoms with Crippen molar-refractivity contribution in [2.75, 3.05) is 0 Å². The zero-order valence-corrected chi connectivity index (χ0v) is 12.2. The Morgan fingerprint density at radius 2 is 1.50 bits per heavy atom. The largest absolute Gasteiger partial charge is 0.364 e. The number of carbonyl (C=O) groups is 1. The van der Waals surface area contributed by atoms with Gasteiger partial charge in [0.15, 0.2) is 10.8 Å². The van der Waals surface area contributed by atoms with Crippen LogP contribution < -0.4 is 0 Å². The number of ketones is 1. The minimum atomic E-state index is -5.16. The monoisotopic (exact) mass is 300 g/mol. The van der Waals surface area contributed by atoms with E-state index in [0.29, 0.717) is 18.9 Å². The van der Waals surface area contributed by atoms with Crippen molar-refractivity contribution in [1.82, 2.24) is 0 Å². The summed E-state index contributed by atoms with van der Waals surface area (Å²) in [5, 5.41) is -1.43. The van der Waals surface area contributed by atoms with Crippen LogP contribution in [0.5, 0.6) is 0 Å². The topological polar surface area (TPSA) is 132 Å². The highest BCUT2D eigenvalue weighted by Gasteiger charge is 2.38. The standard InChI is InChI=1S/C9H18O7P2/c1-4-5-9(2,3)7(10)6-8(17(11,12)13)18(14,15)16/h6H,4-5H2,1-3H3,(H2,11,12,13)(H2,14,15,16). The summed E-state index contributed by atoms with van der Waals surface area (Å²) in [5.41, 5.74) is -0.926. The van der Waals surface area contributed by atoms with Crippen molar-refractivity contribution in [3.63, 3.8) is 0 Å². The number of rotatable bonds is 6. The Hall–Kier alpha value is -0.290. The van der Waals surface area contributed by atoms with Crippen molar-refractivity contribution < 1.29 is 33.5 Å². The van der Waals surface area contributed by atoms with Crippen molar-refractivity contribution >= 4 is 21.0 Å². The van der Waals surface area contributed by atoms with E-state index < -0.39 is 31.4 Å². The first-order valence-electron chi connectivity index (χ1n) is 5.20. The molecule has 0 fully saturated rings. The molecular formula is C9H18O7P2. The maximum absolute atomic E-state index is 11.8. The highest BCUT2D eigenvalue weighted by molar-refractivity contribution is 7.77. The van der Waals surface area contributed by atoms with Crippen LogP contribution in [0.2, 0.25) is 0 Å². The molecule has 106 valence electrons. The van der Waals surface area contributed by atoms with E-state index >= 15 is 0 Å². The van der Waals surface area contributed by atoms with E-state index in [-0.39, 0.29) is 0 Å². The summed E-state index contributed by atoms with van der Waals surface area (Å²) in [6, 6.07) is 0. The molecule has 0 bridgehead atoms. The van der Waals surface area contributed by atoms with Crippen LogP contribution in [-0.4, -0.2) is 25.4 Å². The molecule has 0 heterocycles. The lowest BCUT2D eigenvalue weighted by Gasteiger charge is -2.21. The van der Waals surface area contributed by atoms with Gasteiger partial charge >= 0.3 is 15.2 Å². The molecule has 0 saturated carbocycles. The summed E-state index contributed by atoms with van der Waals surface area (Å²) >= 11 is 0. The third-order valence-electron chi connectivity index (χ3n) is 2.40. The Labute approximate surface area is 105 Å². The Morgan fingerprint density at radius 1 is 1.11 bits per heavy atom. The van der Waals surface area contributed by atoms with Crippen LogP contribution >= 0.6 is 15.2 Å². The maximum atomic E-state index is 11.8. The van der Waals surface area contributed by atoms with Crippen molar-refractivity contribution in [2.24, 2.45) is 5.41 Å². The molecule has 4 N–H and O–H groups in total. The Morgan fingerprint density at radius 3 is 1.78 bits per heavy atom. The second kappa shape index (κ2) is 5.78. The third-order valence-corrected chi connectivity index (χ3v) is 5.41. The van der Waals surface area contributed by atoms with Crippen LogP contribution in [0, 0.1) is 5.41 Å². The van der Waals surface area contributed by atoms with Crippen LogP contribution in [0.15, 0.2) is 11.1 Å². The average molecular weight is 300 g/mol. The molecule has 0 aromatic carbocycles. The van der Waals surface area contributed by atoms with Gasteiger partial charge in [-0.25, -0.2) is 0 Å². The van der Waals surface area contributed by atoms with E-state index in [1.54, 1.807) is 13.8 Å². The molecule has 9 heteroatoms. The van der Waals surface area contributed by atoms with Gasteiger partial charge in [0.1, 0.15) is 0 Å². The van der Waals surface area contributed by atoms with Gasteiger partial charge in [0.05, 0.1) is 0 Å². The molecule has 0 amide bonds. The van der Waals surface area contributed by atoms with Gasteiger partial charge in [0, 0.05) is 11.5 Å². The molecule has 0 unspecified atom stereocenters. The van der Waals surface area contributed by atoms with Crippen LogP contribution in [0.3, 0.4) is 0 Å². The predicted octanol–water partition coefficient (Wildman–Crippen LogP) is 1.58. The summed E-state index contributed by atoms with van der Waals surface area (Å²) < 4.78 is 22.0. The van der Waals surface area contributed by atoms with Crippen LogP contribution in [0.1, 0.15) is 33.6 Å². The van der Waals surface area contributed by atoms with Crippen molar-refractivity contribution in [1.29, 1.82) is 0 Å². The summed E-state index contributed by atoms with van der Waals surface area (Å²) in [6.45, 7) is 4.92. The lowest BCUT2D eigenvalue weighted by Crippen LogP contribution is -2.22.